The van der Waals surface area contributed by atoms with E-state index in [1.54, 1.807) is 12.4 Å². The average Bonchev–Trinajstić information content (AvgIpc) is 3.50. The second-order valence-electron chi connectivity index (χ2n) is 7.24. The number of aromatic nitrogens is 1. The molecule has 3 heterocycles. The Balaban J connectivity index is 1.55. The van der Waals surface area contributed by atoms with Crippen LogP contribution in [0.2, 0.25) is 10.0 Å². The van der Waals surface area contributed by atoms with Crippen molar-refractivity contribution in [1.29, 1.82) is 0 Å². The third kappa shape index (κ3) is 3.12. The van der Waals surface area contributed by atoms with E-state index in [1.165, 1.54) is 24.6 Å². The Hall–Kier alpha value is -1.31. The van der Waals surface area contributed by atoms with Crippen LogP contribution in [-0.4, -0.2) is 30.6 Å². The lowest BCUT2D eigenvalue weighted by Crippen LogP contribution is -2.47. The number of amides is 1. The van der Waals surface area contributed by atoms with Crippen molar-refractivity contribution in [2.24, 2.45) is 5.92 Å². The predicted molar refractivity (Wildman–Crippen MR) is 108 cm³/mol. The molecule has 1 aromatic carbocycles. The Labute approximate surface area is 177 Å². The van der Waals surface area contributed by atoms with Crippen molar-refractivity contribution < 1.29 is 14.3 Å². The van der Waals surface area contributed by atoms with Gasteiger partial charge in [-0.05, 0) is 43.4 Å². The van der Waals surface area contributed by atoms with E-state index in [0.717, 1.165) is 34.0 Å². The molecular weight excluding hydrogens is 419 g/mol. The Kier molecular flexibility index (Phi) is 4.80. The number of carbonyl (C=O) groups is 1. The lowest BCUT2D eigenvalue weighted by molar-refractivity contribution is -0.256. The van der Waals surface area contributed by atoms with Gasteiger partial charge in [0.15, 0.2) is 0 Å². The van der Waals surface area contributed by atoms with E-state index in [-0.39, 0.29) is 5.91 Å². The third-order valence-electron chi connectivity index (χ3n) is 5.21. The van der Waals surface area contributed by atoms with Crippen LogP contribution in [-0.2, 0) is 20.1 Å². The molecule has 1 amide bonds. The highest BCUT2D eigenvalue weighted by Crippen LogP contribution is 2.49. The number of halogens is 2. The fourth-order valence-corrected chi connectivity index (χ4v) is 5.09. The summed E-state index contributed by atoms with van der Waals surface area (Å²) < 4.78 is 11.9. The molecule has 2 aromatic rings. The maximum Gasteiger partial charge on any atom is 0.292 e. The number of ether oxygens (including phenoxy) is 2. The van der Waals surface area contributed by atoms with Crippen molar-refractivity contribution in [3.05, 3.63) is 46.2 Å². The highest BCUT2D eigenvalue weighted by Gasteiger charge is 2.55. The SMILES string of the molecule is O=C1N(CC2CC2)c2ccc(Sc3c(Cl)cncc3Cl)cc2C12OCCCO2. The van der Waals surface area contributed by atoms with Crippen LogP contribution in [0.25, 0.3) is 0 Å². The van der Waals surface area contributed by atoms with Gasteiger partial charge >= 0.3 is 0 Å². The topological polar surface area (TPSA) is 51.7 Å². The zero-order valence-electron chi connectivity index (χ0n) is 15.0. The highest BCUT2D eigenvalue weighted by molar-refractivity contribution is 7.99. The molecule has 0 atom stereocenters. The van der Waals surface area contributed by atoms with Crippen LogP contribution in [0.4, 0.5) is 5.69 Å². The number of hydrogen-bond donors (Lipinski definition) is 0. The van der Waals surface area contributed by atoms with E-state index in [2.05, 4.69) is 4.98 Å². The molecule has 1 aromatic heterocycles. The summed E-state index contributed by atoms with van der Waals surface area (Å²) in [7, 11) is 0. The minimum absolute atomic E-state index is 0.115. The smallest absolute Gasteiger partial charge is 0.292 e. The number of hydrogen-bond acceptors (Lipinski definition) is 5. The van der Waals surface area contributed by atoms with Crippen molar-refractivity contribution in [2.45, 2.75) is 34.8 Å². The number of fused-ring (bicyclic) bond motifs is 2. The molecule has 1 saturated carbocycles. The summed E-state index contributed by atoms with van der Waals surface area (Å²) in [5.74, 6) is -0.875. The van der Waals surface area contributed by atoms with Crippen molar-refractivity contribution in [1.82, 2.24) is 4.98 Å². The molecule has 0 N–H and O–H groups in total. The van der Waals surface area contributed by atoms with Gasteiger partial charge in [0.25, 0.3) is 11.7 Å². The van der Waals surface area contributed by atoms with Gasteiger partial charge in [-0.3, -0.25) is 9.78 Å². The Morgan fingerprint density at radius 1 is 1.18 bits per heavy atom. The van der Waals surface area contributed by atoms with Gasteiger partial charge in [0.2, 0.25) is 0 Å². The van der Waals surface area contributed by atoms with E-state index in [9.17, 15) is 4.79 Å². The molecule has 1 saturated heterocycles. The summed E-state index contributed by atoms with van der Waals surface area (Å²) in [6, 6.07) is 5.91. The van der Waals surface area contributed by atoms with E-state index in [4.69, 9.17) is 32.7 Å². The molecule has 0 bridgehead atoms. The van der Waals surface area contributed by atoms with Gasteiger partial charge in [0.1, 0.15) is 0 Å². The van der Waals surface area contributed by atoms with Crippen LogP contribution >= 0.6 is 35.0 Å². The summed E-state index contributed by atoms with van der Waals surface area (Å²) >= 11 is 14.0. The monoisotopic (exact) mass is 436 g/mol. The molecule has 0 unspecified atom stereocenters. The van der Waals surface area contributed by atoms with E-state index in [1.807, 2.05) is 23.1 Å². The molecule has 5 nitrogen and oxygen atoms in total. The molecule has 2 aliphatic heterocycles. The van der Waals surface area contributed by atoms with Gasteiger partial charge in [0.05, 0.1) is 33.8 Å². The van der Waals surface area contributed by atoms with Crippen LogP contribution in [0.5, 0.6) is 0 Å². The molecule has 28 heavy (non-hydrogen) atoms. The normalized spacial score (nSPS) is 20.6. The van der Waals surface area contributed by atoms with Gasteiger partial charge in [-0.1, -0.05) is 35.0 Å². The molecule has 0 radical (unpaired) electrons. The van der Waals surface area contributed by atoms with Gasteiger partial charge in [-0.2, -0.15) is 0 Å². The summed E-state index contributed by atoms with van der Waals surface area (Å²) in [4.78, 5) is 20.8. The van der Waals surface area contributed by atoms with Gasteiger partial charge in [-0.25, -0.2) is 0 Å². The third-order valence-corrected chi connectivity index (χ3v) is 7.14. The second-order valence-corrected chi connectivity index (χ2v) is 9.14. The number of anilines is 1. The first-order valence-corrected chi connectivity index (χ1v) is 10.9. The number of pyridine rings is 1. The van der Waals surface area contributed by atoms with Crippen LogP contribution in [0.1, 0.15) is 24.8 Å². The Morgan fingerprint density at radius 3 is 2.57 bits per heavy atom. The fourth-order valence-electron chi connectivity index (χ4n) is 3.65. The average molecular weight is 437 g/mol. The van der Waals surface area contributed by atoms with Crippen molar-refractivity contribution in [2.75, 3.05) is 24.7 Å². The maximum absolute atomic E-state index is 13.3. The lowest BCUT2D eigenvalue weighted by Gasteiger charge is -2.32. The molecule has 8 heteroatoms. The maximum atomic E-state index is 13.3. The second kappa shape index (κ2) is 7.18. The first-order valence-electron chi connectivity index (χ1n) is 9.30. The van der Waals surface area contributed by atoms with Gasteiger partial charge in [0, 0.05) is 29.4 Å². The van der Waals surface area contributed by atoms with E-state index >= 15 is 0 Å². The van der Waals surface area contributed by atoms with Crippen molar-refractivity contribution >= 4 is 46.6 Å². The van der Waals surface area contributed by atoms with Gasteiger partial charge in [-0.15, -0.1) is 0 Å². The Bertz CT molecular complexity index is 925. The van der Waals surface area contributed by atoms with Crippen LogP contribution in [0.15, 0.2) is 40.4 Å². The first kappa shape index (κ1) is 18.7. The number of carbonyl (C=O) groups excluding carboxylic acids is 1. The lowest BCUT2D eigenvalue weighted by atomic mass is 10.1. The highest BCUT2D eigenvalue weighted by atomic mass is 35.5. The first-order chi connectivity index (χ1) is 13.6. The predicted octanol–water partition coefficient (Wildman–Crippen LogP) is 4.89. The number of nitrogens with zero attached hydrogens (tertiary/aromatic N) is 2. The molecule has 3 aliphatic rings. The number of rotatable bonds is 4. The van der Waals surface area contributed by atoms with E-state index in [0.29, 0.717) is 29.2 Å². The summed E-state index contributed by atoms with van der Waals surface area (Å²) in [6.45, 7) is 1.72. The van der Waals surface area contributed by atoms with Crippen LogP contribution in [0, 0.1) is 5.92 Å². The van der Waals surface area contributed by atoms with Crippen molar-refractivity contribution in [3.63, 3.8) is 0 Å². The molecule has 2 fully saturated rings. The zero-order chi connectivity index (χ0) is 19.3. The largest absolute Gasteiger partial charge is 0.338 e. The summed E-state index contributed by atoms with van der Waals surface area (Å²) in [5.41, 5.74) is 1.64. The minimum atomic E-state index is -1.33. The Morgan fingerprint density at radius 2 is 1.89 bits per heavy atom. The van der Waals surface area contributed by atoms with Crippen LogP contribution < -0.4 is 4.90 Å². The number of benzene rings is 1. The molecule has 1 aliphatic carbocycles. The fraction of sp³-hybridized carbons (Fsp3) is 0.400. The van der Waals surface area contributed by atoms with Crippen molar-refractivity contribution in [3.8, 4) is 0 Å². The minimum Gasteiger partial charge on any atom is -0.338 e. The molecular formula is C20H18Cl2N2O3S. The summed E-state index contributed by atoms with van der Waals surface area (Å²) in [5, 5.41) is 0.980. The van der Waals surface area contributed by atoms with Crippen LogP contribution in [0.3, 0.4) is 0 Å². The van der Waals surface area contributed by atoms with Gasteiger partial charge < -0.3 is 14.4 Å². The molecule has 5 rings (SSSR count). The molecule has 1 spiro atoms. The summed E-state index contributed by atoms with van der Waals surface area (Å²) in [6.07, 6.45) is 6.25. The standard InChI is InChI=1S/C20H18Cl2N2O3S/c21-15-9-23-10-16(22)18(15)28-13-4-5-17-14(8-13)20(26-6-1-7-27-20)19(25)24(17)11-12-2-3-12/h4-5,8-10,12H,1-3,6-7,11H2. The quantitative estimate of drug-likeness (QED) is 0.682. The molecule has 146 valence electrons. The zero-order valence-corrected chi connectivity index (χ0v) is 17.3. The van der Waals surface area contributed by atoms with E-state index < -0.39 is 5.79 Å².